The SMILES string of the molecule is C[C@H](NC(=O)OC(C)(C)C)C(=O)N[C@@H](C)C(=O)N[C@@H](CC(N)=O)C(=O)O. The maximum absolute atomic E-state index is 12.0. The highest BCUT2D eigenvalue weighted by Crippen LogP contribution is 2.06. The lowest BCUT2D eigenvalue weighted by Crippen LogP contribution is -2.54. The topological polar surface area (TPSA) is 177 Å². The van der Waals surface area contributed by atoms with E-state index in [0.29, 0.717) is 0 Å². The molecule has 0 unspecified atom stereocenters. The number of amides is 4. The van der Waals surface area contributed by atoms with Gasteiger partial charge in [-0.05, 0) is 34.6 Å². The number of carbonyl (C=O) groups is 5. The normalized spacial score (nSPS) is 14.3. The summed E-state index contributed by atoms with van der Waals surface area (Å²) in [5.74, 6) is -3.84. The number of rotatable bonds is 8. The monoisotopic (exact) mass is 374 g/mol. The Morgan fingerprint density at radius 2 is 1.42 bits per heavy atom. The fourth-order valence-corrected chi connectivity index (χ4v) is 1.65. The van der Waals surface area contributed by atoms with Gasteiger partial charge in [0.15, 0.2) is 0 Å². The Morgan fingerprint density at radius 3 is 1.85 bits per heavy atom. The Morgan fingerprint density at radius 1 is 0.962 bits per heavy atom. The molecule has 0 radical (unpaired) electrons. The molecule has 0 aromatic carbocycles. The quantitative estimate of drug-likeness (QED) is 0.356. The Bertz CT molecular complexity index is 571. The smallest absolute Gasteiger partial charge is 0.408 e. The summed E-state index contributed by atoms with van der Waals surface area (Å²) >= 11 is 0. The van der Waals surface area contributed by atoms with Gasteiger partial charge in [0.25, 0.3) is 0 Å². The van der Waals surface area contributed by atoms with E-state index in [2.05, 4.69) is 16.0 Å². The Kier molecular flexibility index (Phi) is 8.54. The fraction of sp³-hybridized carbons (Fsp3) is 0.667. The van der Waals surface area contributed by atoms with Gasteiger partial charge in [-0.15, -0.1) is 0 Å². The lowest BCUT2D eigenvalue weighted by molar-refractivity contribution is -0.143. The number of carboxylic acid groups (broad SMARTS) is 1. The van der Waals surface area contributed by atoms with E-state index in [9.17, 15) is 24.0 Å². The van der Waals surface area contributed by atoms with Crippen molar-refractivity contribution in [2.45, 2.75) is 64.8 Å². The number of carboxylic acids is 1. The van der Waals surface area contributed by atoms with Gasteiger partial charge in [-0.25, -0.2) is 9.59 Å². The van der Waals surface area contributed by atoms with Gasteiger partial charge in [0.1, 0.15) is 23.7 Å². The van der Waals surface area contributed by atoms with Gasteiger partial charge < -0.3 is 31.5 Å². The summed E-state index contributed by atoms with van der Waals surface area (Å²) in [4.78, 5) is 57.4. The maximum Gasteiger partial charge on any atom is 0.408 e. The van der Waals surface area contributed by atoms with Gasteiger partial charge >= 0.3 is 12.1 Å². The second-order valence-corrected chi connectivity index (χ2v) is 6.67. The van der Waals surface area contributed by atoms with Crippen LogP contribution in [-0.2, 0) is 23.9 Å². The summed E-state index contributed by atoms with van der Waals surface area (Å²) in [6.45, 7) is 7.69. The number of carbonyl (C=O) groups excluding carboxylic acids is 4. The number of hydrogen-bond donors (Lipinski definition) is 5. The molecule has 11 heteroatoms. The van der Waals surface area contributed by atoms with Crippen molar-refractivity contribution in [2.75, 3.05) is 0 Å². The molecule has 26 heavy (non-hydrogen) atoms. The molecule has 0 saturated carbocycles. The largest absolute Gasteiger partial charge is 0.480 e. The molecule has 148 valence electrons. The number of aliphatic carboxylic acids is 1. The van der Waals surface area contributed by atoms with Crippen LogP contribution >= 0.6 is 0 Å². The van der Waals surface area contributed by atoms with Crippen LogP contribution in [0.15, 0.2) is 0 Å². The molecule has 3 atom stereocenters. The summed E-state index contributed by atoms with van der Waals surface area (Å²) in [6.07, 6.45) is -1.39. The van der Waals surface area contributed by atoms with Crippen molar-refractivity contribution in [2.24, 2.45) is 5.73 Å². The third-order valence-corrected chi connectivity index (χ3v) is 2.90. The molecule has 0 aromatic heterocycles. The highest BCUT2D eigenvalue weighted by Gasteiger charge is 2.27. The van der Waals surface area contributed by atoms with Crippen LogP contribution in [0.2, 0.25) is 0 Å². The number of nitrogens with two attached hydrogens (primary N) is 1. The molecule has 0 aliphatic rings. The zero-order chi connectivity index (χ0) is 20.7. The van der Waals surface area contributed by atoms with Crippen molar-refractivity contribution in [3.63, 3.8) is 0 Å². The van der Waals surface area contributed by atoms with E-state index in [1.54, 1.807) is 20.8 Å². The minimum Gasteiger partial charge on any atom is -0.480 e. The first kappa shape index (κ1) is 23.1. The van der Waals surface area contributed by atoms with Crippen molar-refractivity contribution in [3.8, 4) is 0 Å². The molecule has 0 fully saturated rings. The zero-order valence-corrected chi connectivity index (χ0v) is 15.4. The second kappa shape index (κ2) is 9.59. The summed E-state index contributed by atoms with van der Waals surface area (Å²) in [7, 11) is 0. The molecule has 0 aliphatic heterocycles. The molecule has 0 spiro atoms. The van der Waals surface area contributed by atoms with Crippen molar-refractivity contribution in [1.29, 1.82) is 0 Å². The van der Waals surface area contributed by atoms with E-state index in [-0.39, 0.29) is 0 Å². The van der Waals surface area contributed by atoms with Crippen LogP contribution in [0, 0.1) is 0 Å². The molecular formula is C15H26N4O7. The summed E-state index contributed by atoms with van der Waals surface area (Å²) < 4.78 is 5.01. The number of ether oxygens (including phenoxy) is 1. The standard InChI is InChI=1S/C15H26N4O7/c1-7(12(22)19-9(13(23)24)6-10(16)20)17-11(21)8(2)18-14(25)26-15(3,4)5/h7-9H,6H2,1-5H3,(H2,16,20)(H,17,21)(H,18,25)(H,19,22)(H,23,24)/t7-,8-,9-/m0/s1. The van der Waals surface area contributed by atoms with Crippen LogP contribution in [0.5, 0.6) is 0 Å². The molecule has 6 N–H and O–H groups in total. The van der Waals surface area contributed by atoms with Crippen LogP contribution in [0.25, 0.3) is 0 Å². The van der Waals surface area contributed by atoms with Gasteiger partial charge in [-0.2, -0.15) is 0 Å². The van der Waals surface area contributed by atoms with E-state index in [1.807, 2.05) is 0 Å². The van der Waals surface area contributed by atoms with Gasteiger partial charge in [-0.3, -0.25) is 14.4 Å². The van der Waals surface area contributed by atoms with E-state index < -0.39 is 59.9 Å². The minimum absolute atomic E-state index is 0.585. The van der Waals surface area contributed by atoms with Crippen molar-refractivity contribution in [1.82, 2.24) is 16.0 Å². The lowest BCUT2D eigenvalue weighted by Gasteiger charge is -2.23. The second-order valence-electron chi connectivity index (χ2n) is 6.67. The molecule has 0 aliphatic carbocycles. The van der Waals surface area contributed by atoms with E-state index in [1.165, 1.54) is 13.8 Å². The van der Waals surface area contributed by atoms with E-state index in [4.69, 9.17) is 15.6 Å². The third-order valence-electron chi connectivity index (χ3n) is 2.90. The fourth-order valence-electron chi connectivity index (χ4n) is 1.65. The molecular weight excluding hydrogens is 348 g/mol. The predicted molar refractivity (Wildman–Crippen MR) is 89.8 cm³/mol. The molecule has 0 rings (SSSR count). The highest BCUT2D eigenvalue weighted by molar-refractivity contribution is 5.93. The van der Waals surface area contributed by atoms with Crippen LogP contribution in [-0.4, -0.2) is 58.6 Å². The first-order valence-electron chi connectivity index (χ1n) is 7.84. The lowest BCUT2D eigenvalue weighted by atomic mass is 10.1. The summed E-state index contributed by atoms with van der Waals surface area (Å²) in [5, 5.41) is 15.7. The van der Waals surface area contributed by atoms with Gasteiger partial charge in [0, 0.05) is 0 Å². The zero-order valence-electron chi connectivity index (χ0n) is 15.4. The highest BCUT2D eigenvalue weighted by atomic mass is 16.6. The maximum atomic E-state index is 12.0. The van der Waals surface area contributed by atoms with Crippen LogP contribution in [0.3, 0.4) is 0 Å². The van der Waals surface area contributed by atoms with E-state index >= 15 is 0 Å². The molecule has 0 saturated heterocycles. The van der Waals surface area contributed by atoms with Crippen molar-refractivity contribution >= 4 is 29.8 Å². The Balaban J connectivity index is 4.63. The van der Waals surface area contributed by atoms with E-state index in [0.717, 1.165) is 0 Å². The average molecular weight is 374 g/mol. The van der Waals surface area contributed by atoms with Crippen molar-refractivity contribution < 1.29 is 33.8 Å². The minimum atomic E-state index is -1.50. The summed E-state index contributed by atoms with van der Waals surface area (Å²) in [6, 6.07) is -3.61. The summed E-state index contributed by atoms with van der Waals surface area (Å²) in [5.41, 5.74) is 4.18. The van der Waals surface area contributed by atoms with Crippen molar-refractivity contribution in [3.05, 3.63) is 0 Å². The molecule has 0 bridgehead atoms. The molecule has 4 amide bonds. The molecule has 11 nitrogen and oxygen atoms in total. The Labute approximate surface area is 151 Å². The van der Waals surface area contributed by atoms with Gasteiger partial charge in [-0.1, -0.05) is 0 Å². The molecule has 0 heterocycles. The number of primary amides is 1. The van der Waals surface area contributed by atoms with Gasteiger partial charge in [0.05, 0.1) is 6.42 Å². The Hall–Kier alpha value is -2.85. The first-order valence-corrected chi connectivity index (χ1v) is 7.84. The first-order chi connectivity index (χ1) is 11.7. The van der Waals surface area contributed by atoms with Crippen LogP contribution in [0.1, 0.15) is 41.0 Å². The third kappa shape index (κ3) is 9.45. The van der Waals surface area contributed by atoms with Crippen LogP contribution < -0.4 is 21.7 Å². The molecule has 0 aromatic rings. The van der Waals surface area contributed by atoms with Crippen LogP contribution in [0.4, 0.5) is 4.79 Å². The van der Waals surface area contributed by atoms with Gasteiger partial charge in [0.2, 0.25) is 17.7 Å². The number of hydrogen-bond acceptors (Lipinski definition) is 6. The average Bonchev–Trinajstić information content (AvgIpc) is 2.43. The predicted octanol–water partition coefficient (Wildman–Crippen LogP) is -1.15. The number of alkyl carbamates (subject to hydrolysis) is 1. The number of nitrogens with one attached hydrogen (secondary N) is 3.